The fourth-order valence-electron chi connectivity index (χ4n) is 5.98. The largest absolute Gasteiger partial charge is 0.496 e. The zero-order chi connectivity index (χ0) is 22.8. The summed E-state index contributed by atoms with van der Waals surface area (Å²) in [5.41, 5.74) is 6.68. The predicted octanol–water partition coefficient (Wildman–Crippen LogP) is 6.61. The van der Waals surface area contributed by atoms with Crippen molar-refractivity contribution in [1.82, 2.24) is 0 Å². The summed E-state index contributed by atoms with van der Waals surface area (Å²) >= 11 is 0. The Balaban J connectivity index is 1.53. The van der Waals surface area contributed by atoms with Gasteiger partial charge in [0.25, 0.3) is 0 Å². The quantitative estimate of drug-likeness (QED) is 0.569. The first-order valence-electron chi connectivity index (χ1n) is 12.0. The van der Waals surface area contributed by atoms with E-state index in [1.54, 1.807) is 0 Å². The first kappa shape index (κ1) is 21.5. The molecule has 0 bridgehead atoms. The first-order valence-corrected chi connectivity index (χ1v) is 12.0. The molecule has 1 aliphatic heterocycles. The van der Waals surface area contributed by atoms with Crippen molar-refractivity contribution in [2.45, 2.75) is 50.9 Å². The molecule has 4 nitrogen and oxygen atoms in total. The topological polar surface area (TPSA) is 70.3 Å². The van der Waals surface area contributed by atoms with Crippen LogP contribution in [0.25, 0.3) is 22.4 Å². The van der Waals surface area contributed by atoms with Gasteiger partial charge in [0, 0.05) is 11.1 Å². The lowest BCUT2D eigenvalue weighted by Crippen LogP contribution is -2.21. The van der Waals surface area contributed by atoms with Gasteiger partial charge in [-0.3, -0.25) is 4.79 Å². The Labute approximate surface area is 194 Å². The number of carboxylic acid groups (broad SMARTS) is 1. The highest BCUT2D eigenvalue weighted by molar-refractivity contribution is 6.02. The summed E-state index contributed by atoms with van der Waals surface area (Å²) in [5, 5.41) is 21.1. The molecule has 0 amide bonds. The van der Waals surface area contributed by atoms with Crippen LogP contribution in [0.3, 0.4) is 0 Å². The van der Waals surface area contributed by atoms with E-state index >= 15 is 0 Å². The second-order valence-electron chi connectivity index (χ2n) is 9.45. The number of hydrogen-bond acceptors (Lipinski definition) is 3. The molecule has 1 fully saturated rings. The van der Waals surface area contributed by atoms with E-state index in [4.69, 9.17) is 4.74 Å². The molecule has 33 heavy (non-hydrogen) atoms. The van der Waals surface area contributed by atoms with Gasteiger partial charge < -0.3 is 9.84 Å². The highest BCUT2D eigenvalue weighted by Gasteiger charge is 2.31. The van der Waals surface area contributed by atoms with Crippen LogP contribution in [0.2, 0.25) is 0 Å². The maximum Gasteiger partial charge on any atom is 0.320 e. The number of fused-ring (bicyclic) bond motifs is 2. The molecular formula is C29H29NO3. The van der Waals surface area contributed by atoms with Crippen molar-refractivity contribution in [3.63, 3.8) is 0 Å². The minimum atomic E-state index is -0.989. The molecule has 1 heterocycles. The molecule has 0 spiro atoms. The Morgan fingerprint density at radius 3 is 2.61 bits per heavy atom. The van der Waals surface area contributed by atoms with Gasteiger partial charge in [0.2, 0.25) is 0 Å². The van der Waals surface area contributed by atoms with E-state index in [1.165, 1.54) is 33.0 Å². The summed E-state index contributed by atoms with van der Waals surface area (Å²) in [5.74, 6) is -1.09. The van der Waals surface area contributed by atoms with Crippen LogP contribution in [0, 0.1) is 23.2 Å². The maximum atomic E-state index is 11.3. The molecule has 2 aromatic rings. The highest BCUT2D eigenvalue weighted by atomic mass is 16.5. The third-order valence-corrected chi connectivity index (χ3v) is 7.52. The van der Waals surface area contributed by atoms with Gasteiger partial charge in [-0.15, -0.1) is 0 Å². The normalized spacial score (nSPS) is 22.7. The summed E-state index contributed by atoms with van der Waals surface area (Å²) in [4.78, 5) is 11.3. The number of aliphatic carboxylic acids is 1. The van der Waals surface area contributed by atoms with Crippen molar-refractivity contribution in [3.05, 3.63) is 71.0 Å². The lowest BCUT2D eigenvalue weighted by atomic mass is 9.71. The van der Waals surface area contributed by atoms with Crippen molar-refractivity contribution in [3.8, 4) is 6.07 Å². The fraction of sp³-hybridized carbons (Fsp3) is 0.379. The van der Waals surface area contributed by atoms with E-state index in [0.29, 0.717) is 24.9 Å². The van der Waals surface area contributed by atoms with Crippen molar-refractivity contribution < 1.29 is 14.6 Å². The summed E-state index contributed by atoms with van der Waals surface area (Å²) in [6, 6.07) is 10.7. The SMILES string of the molecule is N#CC(CC1CCC(c2c3c(c(C4=COCC=C4)c4ccccc24)C=CCC3)CC1)C(=O)O. The van der Waals surface area contributed by atoms with Crippen LogP contribution in [0.4, 0.5) is 0 Å². The lowest BCUT2D eigenvalue weighted by molar-refractivity contribution is -0.140. The van der Waals surface area contributed by atoms with Gasteiger partial charge in [-0.2, -0.15) is 5.26 Å². The fourth-order valence-corrected chi connectivity index (χ4v) is 5.98. The van der Waals surface area contributed by atoms with Crippen LogP contribution in [0.1, 0.15) is 66.7 Å². The Morgan fingerprint density at radius 2 is 1.91 bits per heavy atom. The van der Waals surface area contributed by atoms with Crippen LogP contribution in [0.5, 0.6) is 0 Å². The number of hydrogen-bond donors (Lipinski definition) is 1. The smallest absolute Gasteiger partial charge is 0.320 e. The van der Waals surface area contributed by atoms with Crippen LogP contribution >= 0.6 is 0 Å². The molecule has 0 radical (unpaired) electrons. The molecule has 0 aromatic heterocycles. The van der Waals surface area contributed by atoms with Gasteiger partial charge in [0.05, 0.1) is 12.3 Å². The summed E-state index contributed by atoms with van der Waals surface area (Å²) in [6.07, 6.45) is 17.4. The molecule has 2 aromatic carbocycles. The molecule has 4 heteroatoms. The first-order chi connectivity index (χ1) is 16.2. The Kier molecular flexibility index (Phi) is 6.05. The highest BCUT2D eigenvalue weighted by Crippen LogP contribution is 2.46. The summed E-state index contributed by atoms with van der Waals surface area (Å²) in [6.45, 7) is 0.620. The van der Waals surface area contributed by atoms with Crippen LogP contribution in [-0.2, 0) is 16.0 Å². The molecular weight excluding hydrogens is 410 g/mol. The van der Waals surface area contributed by atoms with Gasteiger partial charge in [0.1, 0.15) is 12.5 Å². The number of ether oxygens (including phenoxy) is 1. The van der Waals surface area contributed by atoms with Crippen LogP contribution in [-0.4, -0.2) is 17.7 Å². The Bertz CT molecular complexity index is 1210. The zero-order valence-electron chi connectivity index (χ0n) is 18.8. The van der Waals surface area contributed by atoms with Crippen molar-refractivity contribution in [1.29, 1.82) is 5.26 Å². The van der Waals surface area contributed by atoms with Gasteiger partial charge in [-0.05, 0) is 90.3 Å². The molecule has 1 atom stereocenters. The number of benzene rings is 2. The van der Waals surface area contributed by atoms with E-state index in [2.05, 4.69) is 48.6 Å². The lowest BCUT2D eigenvalue weighted by Gasteiger charge is -2.33. The van der Waals surface area contributed by atoms with Crippen molar-refractivity contribution >= 4 is 28.4 Å². The number of allylic oxidation sites excluding steroid dienone is 3. The maximum absolute atomic E-state index is 11.3. The van der Waals surface area contributed by atoms with Crippen LogP contribution in [0.15, 0.2) is 48.8 Å². The molecule has 1 N–H and O–H groups in total. The van der Waals surface area contributed by atoms with Crippen LogP contribution < -0.4 is 0 Å². The number of rotatable bonds is 5. The molecule has 0 saturated heterocycles. The van der Waals surface area contributed by atoms with E-state index in [1.807, 2.05) is 12.3 Å². The van der Waals surface area contributed by atoms with Crippen molar-refractivity contribution in [2.24, 2.45) is 11.8 Å². The second kappa shape index (κ2) is 9.27. The molecule has 1 unspecified atom stereocenters. The Hall–Kier alpha value is -3.32. The third kappa shape index (κ3) is 4.09. The van der Waals surface area contributed by atoms with E-state index in [9.17, 15) is 15.2 Å². The standard InChI is InChI=1S/C29H29NO3/c30-17-22(29(31)32)16-19-11-13-20(14-12-19)27-23-7-1-3-9-25(23)28(21-6-5-15-33-18-21)26-10-4-2-8-24(26)27/h1,3-7,9-10,18-20,22H,2,8,11-16H2,(H,31,32). The number of carboxylic acids is 1. The van der Waals surface area contributed by atoms with E-state index in [-0.39, 0.29) is 0 Å². The van der Waals surface area contributed by atoms with E-state index in [0.717, 1.165) is 44.1 Å². The number of carbonyl (C=O) groups is 1. The van der Waals surface area contributed by atoms with E-state index < -0.39 is 11.9 Å². The van der Waals surface area contributed by atoms with Gasteiger partial charge in [-0.25, -0.2) is 0 Å². The minimum absolute atomic E-state index is 0.318. The molecule has 1 saturated carbocycles. The van der Waals surface area contributed by atoms with Gasteiger partial charge >= 0.3 is 5.97 Å². The number of nitriles is 1. The average molecular weight is 440 g/mol. The molecule has 2 aliphatic carbocycles. The molecule has 5 rings (SSSR count). The second-order valence-corrected chi connectivity index (χ2v) is 9.45. The predicted molar refractivity (Wildman–Crippen MR) is 130 cm³/mol. The molecule has 3 aliphatic rings. The van der Waals surface area contributed by atoms with Gasteiger partial charge in [0.15, 0.2) is 0 Å². The summed E-state index contributed by atoms with van der Waals surface area (Å²) < 4.78 is 5.65. The minimum Gasteiger partial charge on any atom is -0.496 e. The Morgan fingerprint density at radius 1 is 1.12 bits per heavy atom. The average Bonchev–Trinajstić information content (AvgIpc) is 2.86. The summed E-state index contributed by atoms with van der Waals surface area (Å²) in [7, 11) is 0. The zero-order valence-corrected chi connectivity index (χ0v) is 18.8. The molecule has 168 valence electrons. The number of nitrogens with zero attached hydrogens (tertiary/aromatic N) is 1. The van der Waals surface area contributed by atoms with Crippen molar-refractivity contribution in [2.75, 3.05) is 6.61 Å². The van der Waals surface area contributed by atoms with Gasteiger partial charge in [-0.1, -0.05) is 42.5 Å². The third-order valence-electron chi connectivity index (χ3n) is 7.52. The monoisotopic (exact) mass is 439 g/mol.